The summed E-state index contributed by atoms with van der Waals surface area (Å²) in [7, 11) is 0. The Hall–Kier alpha value is -0.820. The highest BCUT2D eigenvalue weighted by molar-refractivity contribution is 5.30. The van der Waals surface area contributed by atoms with Crippen molar-refractivity contribution >= 4 is 0 Å². The summed E-state index contributed by atoms with van der Waals surface area (Å²) in [5.74, 6) is 1.53. The van der Waals surface area contributed by atoms with Crippen LogP contribution < -0.4 is 5.32 Å². The second-order valence-electron chi connectivity index (χ2n) is 4.43. The van der Waals surface area contributed by atoms with E-state index in [0.29, 0.717) is 0 Å². The van der Waals surface area contributed by atoms with Gasteiger partial charge in [-0.25, -0.2) is 0 Å². The molecule has 2 atom stereocenters. The summed E-state index contributed by atoms with van der Waals surface area (Å²) in [5.41, 5.74) is 3.01. The van der Waals surface area contributed by atoms with E-state index in [1.165, 1.54) is 25.1 Å². The zero-order chi connectivity index (χ0) is 9.97. The van der Waals surface area contributed by atoms with Crippen LogP contribution in [0.3, 0.4) is 0 Å². The zero-order valence-electron chi connectivity index (χ0n) is 9.09. The standard InChI is InChI=1S/C13H19N/c1-10-5-3-4-6-12(10)13-7-8-14-9-11(13)2/h3-6,11,13-14H,7-9H2,1-2H3/t11-,13-/m1/s1. The fourth-order valence-corrected chi connectivity index (χ4v) is 2.48. The molecule has 2 rings (SSSR count). The number of hydrogen-bond donors (Lipinski definition) is 1. The smallest absolute Gasteiger partial charge is 0.00173 e. The number of aryl methyl sites for hydroxylation is 1. The van der Waals surface area contributed by atoms with Crippen LogP contribution in [0.4, 0.5) is 0 Å². The lowest BCUT2D eigenvalue weighted by Gasteiger charge is -2.30. The molecule has 0 amide bonds. The van der Waals surface area contributed by atoms with Crippen LogP contribution in [-0.2, 0) is 0 Å². The number of hydrogen-bond acceptors (Lipinski definition) is 1. The quantitative estimate of drug-likeness (QED) is 0.716. The van der Waals surface area contributed by atoms with Crippen molar-refractivity contribution < 1.29 is 0 Å². The summed E-state index contributed by atoms with van der Waals surface area (Å²) in [4.78, 5) is 0. The Kier molecular flexibility index (Phi) is 2.87. The van der Waals surface area contributed by atoms with E-state index in [2.05, 4.69) is 43.4 Å². The molecule has 0 bridgehead atoms. The highest BCUT2D eigenvalue weighted by Gasteiger charge is 2.23. The van der Waals surface area contributed by atoms with Crippen molar-refractivity contribution in [1.82, 2.24) is 5.32 Å². The molecule has 0 aromatic heterocycles. The first-order valence-corrected chi connectivity index (χ1v) is 5.55. The van der Waals surface area contributed by atoms with E-state index in [1.807, 2.05) is 0 Å². The van der Waals surface area contributed by atoms with Gasteiger partial charge < -0.3 is 5.32 Å². The van der Waals surface area contributed by atoms with E-state index in [9.17, 15) is 0 Å². The molecule has 1 nitrogen and oxygen atoms in total. The summed E-state index contributed by atoms with van der Waals surface area (Å²) < 4.78 is 0. The molecule has 1 aliphatic rings. The maximum atomic E-state index is 3.45. The Balaban J connectivity index is 2.25. The first-order valence-electron chi connectivity index (χ1n) is 5.55. The maximum Gasteiger partial charge on any atom is -0.00173 e. The Labute approximate surface area is 86.5 Å². The van der Waals surface area contributed by atoms with Crippen LogP contribution in [0.15, 0.2) is 24.3 Å². The van der Waals surface area contributed by atoms with Crippen molar-refractivity contribution in [3.63, 3.8) is 0 Å². The van der Waals surface area contributed by atoms with Crippen LogP contribution in [0.25, 0.3) is 0 Å². The Morgan fingerprint density at radius 2 is 2.07 bits per heavy atom. The minimum atomic E-state index is 0.762. The highest BCUT2D eigenvalue weighted by Crippen LogP contribution is 2.31. The molecule has 1 heterocycles. The molecule has 1 heteroatoms. The fraction of sp³-hybridized carbons (Fsp3) is 0.538. The fourth-order valence-electron chi connectivity index (χ4n) is 2.48. The van der Waals surface area contributed by atoms with Crippen molar-refractivity contribution in [1.29, 1.82) is 0 Å². The third-order valence-electron chi connectivity index (χ3n) is 3.37. The maximum absolute atomic E-state index is 3.45. The van der Waals surface area contributed by atoms with Crippen LogP contribution in [0, 0.1) is 12.8 Å². The molecule has 76 valence electrons. The van der Waals surface area contributed by atoms with Gasteiger partial charge in [0.2, 0.25) is 0 Å². The molecule has 1 N–H and O–H groups in total. The number of rotatable bonds is 1. The first kappa shape index (κ1) is 9.72. The van der Waals surface area contributed by atoms with Crippen LogP contribution >= 0.6 is 0 Å². The SMILES string of the molecule is Cc1ccccc1[C@@H]1CCNC[C@H]1C. The van der Waals surface area contributed by atoms with E-state index in [4.69, 9.17) is 0 Å². The van der Waals surface area contributed by atoms with Crippen molar-refractivity contribution in [2.75, 3.05) is 13.1 Å². The second kappa shape index (κ2) is 4.14. The van der Waals surface area contributed by atoms with Crippen LogP contribution in [0.2, 0.25) is 0 Å². The monoisotopic (exact) mass is 189 g/mol. The van der Waals surface area contributed by atoms with Gasteiger partial charge in [-0.2, -0.15) is 0 Å². The van der Waals surface area contributed by atoms with E-state index < -0.39 is 0 Å². The predicted octanol–water partition coefficient (Wildman–Crippen LogP) is 2.71. The largest absolute Gasteiger partial charge is 0.316 e. The summed E-state index contributed by atoms with van der Waals surface area (Å²) >= 11 is 0. The van der Waals surface area contributed by atoms with E-state index >= 15 is 0 Å². The molecular weight excluding hydrogens is 170 g/mol. The normalized spacial score (nSPS) is 27.6. The van der Waals surface area contributed by atoms with Crippen molar-refractivity contribution in [3.05, 3.63) is 35.4 Å². The molecule has 0 unspecified atom stereocenters. The van der Waals surface area contributed by atoms with Crippen LogP contribution in [0.5, 0.6) is 0 Å². The first-order chi connectivity index (χ1) is 6.79. The minimum Gasteiger partial charge on any atom is -0.316 e. The van der Waals surface area contributed by atoms with Gasteiger partial charge in [-0.1, -0.05) is 31.2 Å². The van der Waals surface area contributed by atoms with Gasteiger partial charge in [-0.3, -0.25) is 0 Å². The summed E-state index contributed by atoms with van der Waals surface area (Å²) in [6.07, 6.45) is 1.28. The third kappa shape index (κ3) is 1.83. The van der Waals surface area contributed by atoms with Gasteiger partial charge in [0.1, 0.15) is 0 Å². The summed E-state index contributed by atoms with van der Waals surface area (Å²) in [6.45, 7) is 6.91. The molecule has 0 saturated carbocycles. The molecule has 0 aliphatic carbocycles. The lowest BCUT2D eigenvalue weighted by Crippen LogP contribution is -2.34. The van der Waals surface area contributed by atoms with Gasteiger partial charge in [0.25, 0.3) is 0 Å². The highest BCUT2D eigenvalue weighted by atomic mass is 14.9. The molecule has 0 spiro atoms. The van der Waals surface area contributed by atoms with E-state index in [-0.39, 0.29) is 0 Å². The van der Waals surface area contributed by atoms with Gasteiger partial charge >= 0.3 is 0 Å². The number of nitrogens with one attached hydrogen (secondary N) is 1. The van der Waals surface area contributed by atoms with Gasteiger partial charge in [-0.05, 0) is 49.4 Å². The molecule has 1 saturated heterocycles. The van der Waals surface area contributed by atoms with Gasteiger partial charge in [-0.15, -0.1) is 0 Å². The average Bonchev–Trinajstić information content (AvgIpc) is 2.20. The van der Waals surface area contributed by atoms with Crippen molar-refractivity contribution in [3.8, 4) is 0 Å². The number of benzene rings is 1. The molecule has 0 radical (unpaired) electrons. The van der Waals surface area contributed by atoms with Crippen molar-refractivity contribution in [2.45, 2.75) is 26.2 Å². The lowest BCUT2D eigenvalue weighted by atomic mass is 9.80. The summed E-state index contributed by atoms with van der Waals surface area (Å²) in [6, 6.07) is 8.81. The second-order valence-corrected chi connectivity index (χ2v) is 4.43. The molecule has 1 fully saturated rings. The summed E-state index contributed by atoms with van der Waals surface area (Å²) in [5, 5.41) is 3.45. The predicted molar refractivity (Wildman–Crippen MR) is 60.6 cm³/mol. The van der Waals surface area contributed by atoms with Gasteiger partial charge in [0.15, 0.2) is 0 Å². The topological polar surface area (TPSA) is 12.0 Å². The van der Waals surface area contributed by atoms with Gasteiger partial charge in [0.05, 0.1) is 0 Å². The van der Waals surface area contributed by atoms with E-state index in [1.54, 1.807) is 5.56 Å². The van der Waals surface area contributed by atoms with Crippen molar-refractivity contribution in [2.24, 2.45) is 5.92 Å². The Bertz CT molecular complexity index is 306. The minimum absolute atomic E-state index is 0.762. The molecule has 1 aromatic carbocycles. The lowest BCUT2D eigenvalue weighted by molar-refractivity contribution is 0.348. The number of piperidine rings is 1. The third-order valence-corrected chi connectivity index (χ3v) is 3.37. The van der Waals surface area contributed by atoms with Crippen LogP contribution in [-0.4, -0.2) is 13.1 Å². The Morgan fingerprint density at radius 3 is 2.79 bits per heavy atom. The zero-order valence-corrected chi connectivity index (χ0v) is 9.09. The van der Waals surface area contributed by atoms with E-state index in [0.717, 1.165) is 11.8 Å². The average molecular weight is 189 g/mol. The van der Waals surface area contributed by atoms with Crippen LogP contribution in [0.1, 0.15) is 30.4 Å². The molecule has 1 aromatic rings. The molecule has 1 aliphatic heterocycles. The molecule has 14 heavy (non-hydrogen) atoms. The Morgan fingerprint density at radius 1 is 1.29 bits per heavy atom. The van der Waals surface area contributed by atoms with Gasteiger partial charge in [0, 0.05) is 0 Å². The molecular formula is C13H19N.